The summed E-state index contributed by atoms with van der Waals surface area (Å²) in [6.07, 6.45) is 1.35. The fraction of sp³-hybridized carbons (Fsp3) is 0.273. The lowest BCUT2D eigenvalue weighted by Crippen LogP contribution is -2.19. The minimum Gasteiger partial charge on any atom is -0.478 e. The second kappa shape index (κ2) is 5.68. The van der Waals surface area contributed by atoms with E-state index in [0.717, 1.165) is 11.8 Å². The van der Waals surface area contributed by atoms with Crippen molar-refractivity contribution in [2.45, 2.75) is 30.1 Å². The summed E-state index contributed by atoms with van der Waals surface area (Å²) < 4.78 is 1.44. The first kappa shape index (κ1) is 14.6. The maximum absolute atomic E-state index is 11.6. The Bertz CT molecular complexity index is 710. The third-order valence-corrected chi connectivity index (χ3v) is 3.93. The predicted molar refractivity (Wildman–Crippen MR) is 73.6 cm³/mol. The van der Waals surface area contributed by atoms with E-state index in [4.69, 9.17) is 16.7 Å². The number of H-pyrrole nitrogens is 1. The molecule has 2 N–H and O–H groups in total. The van der Waals surface area contributed by atoms with Crippen LogP contribution < -0.4 is 5.69 Å². The van der Waals surface area contributed by atoms with Gasteiger partial charge in [-0.3, -0.25) is 4.57 Å². The molecule has 0 amide bonds. The standard InChI is InChI=1S/C11H11ClN4O3S/c1-5(2)16-10(19)14-15-11(16)20-8-7(12)6(9(17)18)3-4-13-8/h3-5H,1-2H3,(H,14,19)(H,17,18). The Morgan fingerprint density at radius 2 is 2.25 bits per heavy atom. The fourth-order valence-corrected chi connectivity index (χ4v) is 2.84. The fourth-order valence-electron chi connectivity index (χ4n) is 1.56. The zero-order valence-corrected chi connectivity index (χ0v) is 12.2. The highest BCUT2D eigenvalue weighted by atomic mass is 35.5. The van der Waals surface area contributed by atoms with Crippen LogP contribution in [0.5, 0.6) is 0 Å². The lowest BCUT2D eigenvalue weighted by molar-refractivity contribution is 0.0696. The summed E-state index contributed by atoms with van der Waals surface area (Å²) in [7, 11) is 0. The molecule has 0 bridgehead atoms. The Balaban J connectivity index is 2.44. The smallest absolute Gasteiger partial charge is 0.344 e. The van der Waals surface area contributed by atoms with Gasteiger partial charge in [0.15, 0.2) is 5.16 Å². The minimum atomic E-state index is -1.14. The van der Waals surface area contributed by atoms with Crippen molar-refractivity contribution in [1.29, 1.82) is 0 Å². The highest BCUT2D eigenvalue weighted by molar-refractivity contribution is 7.99. The van der Waals surface area contributed by atoms with Gasteiger partial charge in [0.05, 0.1) is 10.6 Å². The van der Waals surface area contributed by atoms with E-state index in [0.29, 0.717) is 5.16 Å². The molecular formula is C11H11ClN4O3S. The zero-order valence-electron chi connectivity index (χ0n) is 10.6. The van der Waals surface area contributed by atoms with Crippen LogP contribution in [-0.4, -0.2) is 30.8 Å². The number of aromatic amines is 1. The molecule has 2 aromatic heterocycles. The van der Waals surface area contributed by atoms with Crippen LogP contribution in [0.3, 0.4) is 0 Å². The molecule has 0 atom stereocenters. The summed E-state index contributed by atoms with van der Waals surface area (Å²) in [6, 6.07) is 1.22. The van der Waals surface area contributed by atoms with Crippen molar-refractivity contribution >= 4 is 29.3 Å². The monoisotopic (exact) mass is 314 g/mol. The van der Waals surface area contributed by atoms with Crippen molar-refractivity contribution in [1.82, 2.24) is 19.7 Å². The molecule has 9 heteroatoms. The molecule has 0 unspecified atom stereocenters. The highest BCUT2D eigenvalue weighted by Gasteiger charge is 2.18. The van der Waals surface area contributed by atoms with Crippen LogP contribution in [0.4, 0.5) is 0 Å². The molecule has 0 aliphatic heterocycles. The van der Waals surface area contributed by atoms with Gasteiger partial charge in [0.2, 0.25) is 0 Å². The Morgan fingerprint density at radius 1 is 1.55 bits per heavy atom. The molecule has 0 radical (unpaired) electrons. The number of aromatic nitrogens is 4. The number of carbonyl (C=O) groups is 1. The maximum Gasteiger partial charge on any atom is 0.344 e. The van der Waals surface area contributed by atoms with Crippen LogP contribution in [0.2, 0.25) is 5.02 Å². The molecule has 0 spiro atoms. The van der Waals surface area contributed by atoms with Crippen LogP contribution in [0.25, 0.3) is 0 Å². The van der Waals surface area contributed by atoms with Gasteiger partial charge in [0, 0.05) is 12.2 Å². The first-order chi connectivity index (χ1) is 9.41. The number of nitrogens with one attached hydrogen (secondary N) is 1. The molecule has 0 saturated heterocycles. The molecule has 2 rings (SSSR count). The number of carboxylic acid groups (broad SMARTS) is 1. The Kier molecular flexibility index (Phi) is 4.15. The molecule has 0 aliphatic carbocycles. The van der Waals surface area contributed by atoms with Gasteiger partial charge < -0.3 is 5.11 Å². The first-order valence-electron chi connectivity index (χ1n) is 5.64. The average Bonchev–Trinajstić information content (AvgIpc) is 2.72. The third-order valence-electron chi connectivity index (χ3n) is 2.46. The topological polar surface area (TPSA) is 101 Å². The van der Waals surface area contributed by atoms with Gasteiger partial charge in [0.1, 0.15) is 5.03 Å². The van der Waals surface area contributed by atoms with Gasteiger partial charge >= 0.3 is 11.7 Å². The van der Waals surface area contributed by atoms with Crippen molar-refractivity contribution in [3.05, 3.63) is 33.3 Å². The number of hydrogen-bond acceptors (Lipinski definition) is 5. The summed E-state index contributed by atoms with van der Waals surface area (Å²) >= 11 is 7.04. The van der Waals surface area contributed by atoms with Crippen molar-refractivity contribution < 1.29 is 9.90 Å². The van der Waals surface area contributed by atoms with Crippen molar-refractivity contribution in [2.24, 2.45) is 0 Å². The molecule has 20 heavy (non-hydrogen) atoms. The van der Waals surface area contributed by atoms with Crippen LogP contribution in [0.1, 0.15) is 30.2 Å². The number of rotatable bonds is 4. The normalized spacial score (nSPS) is 11.0. The third kappa shape index (κ3) is 2.70. The van der Waals surface area contributed by atoms with Gasteiger partial charge in [0.25, 0.3) is 0 Å². The molecule has 0 fully saturated rings. The number of hydrogen-bond donors (Lipinski definition) is 2. The van der Waals surface area contributed by atoms with E-state index in [2.05, 4.69) is 15.2 Å². The van der Waals surface area contributed by atoms with E-state index in [1.165, 1.54) is 16.8 Å². The molecule has 0 aliphatic rings. The van der Waals surface area contributed by atoms with Gasteiger partial charge in [-0.25, -0.2) is 19.7 Å². The quantitative estimate of drug-likeness (QED) is 0.895. The van der Waals surface area contributed by atoms with E-state index in [-0.39, 0.29) is 27.3 Å². The first-order valence-corrected chi connectivity index (χ1v) is 6.83. The second-order valence-electron chi connectivity index (χ2n) is 4.16. The number of carboxylic acids is 1. The molecule has 106 valence electrons. The van der Waals surface area contributed by atoms with Crippen molar-refractivity contribution in [3.8, 4) is 0 Å². The summed E-state index contributed by atoms with van der Waals surface area (Å²) in [4.78, 5) is 26.6. The number of pyridine rings is 1. The maximum atomic E-state index is 11.6. The largest absolute Gasteiger partial charge is 0.478 e. The average molecular weight is 315 g/mol. The van der Waals surface area contributed by atoms with Gasteiger partial charge in [-0.05, 0) is 31.7 Å². The summed E-state index contributed by atoms with van der Waals surface area (Å²) in [5.41, 5.74) is -0.383. The van der Waals surface area contributed by atoms with E-state index < -0.39 is 5.97 Å². The molecule has 0 saturated carbocycles. The van der Waals surface area contributed by atoms with Gasteiger partial charge in [-0.1, -0.05) is 11.6 Å². The van der Waals surface area contributed by atoms with Gasteiger partial charge in [-0.2, -0.15) is 0 Å². The van der Waals surface area contributed by atoms with Crippen LogP contribution in [-0.2, 0) is 0 Å². The lowest BCUT2D eigenvalue weighted by atomic mass is 10.3. The molecule has 7 nitrogen and oxygen atoms in total. The van der Waals surface area contributed by atoms with Crippen LogP contribution >= 0.6 is 23.4 Å². The molecule has 2 aromatic rings. The number of nitrogens with zero attached hydrogens (tertiary/aromatic N) is 3. The lowest BCUT2D eigenvalue weighted by Gasteiger charge is -2.09. The second-order valence-corrected chi connectivity index (χ2v) is 5.49. The number of halogens is 1. The summed E-state index contributed by atoms with van der Waals surface area (Å²) in [5.74, 6) is -1.14. The Labute approximate surface area is 123 Å². The van der Waals surface area contributed by atoms with Gasteiger partial charge in [-0.15, -0.1) is 5.10 Å². The van der Waals surface area contributed by atoms with E-state index >= 15 is 0 Å². The van der Waals surface area contributed by atoms with Crippen molar-refractivity contribution in [2.75, 3.05) is 0 Å². The predicted octanol–water partition coefficient (Wildman–Crippen LogP) is 2.05. The van der Waals surface area contributed by atoms with Crippen LogP contribution in [0, 0.1) is 0 Å². The van der Waals surface area contributed by atoms with Crippen molar-refractivity contribution in [3.63, 3.8) is 0 Å². The Hall–Kier alpha value is -1.80. The number of aromatic carboxylic acids is 1. The minimum absolute atomic E-state index is 0.0238. The molecule has 2 heterocycles. The highest BCUT2D eigenvalue weighted by Crippen LogP contribution is 2.32. The summed E-state index contributed by atoms with van der Waals surface area (Å²) in [5, 5.41) is 15.9. The summed E-state index contributed by atoms with van der Waals surface area (Å²) in [6.45, 7) is 3.67. The van der Waals surface area contributed by atoms with E-state index in [1.807, 2.05) is 13.8 Å². The molecule has 0 aromatic carbocycles. The van der Waals surface area contributed by atoms with E-state index in [9.17, 15) is 9.59 Å². The SMILES string of the molecule is CC(C)n1c(Sc2nccc(C(=O)O)c2Cl)n[nH]c1=O. The Morgan fingerprint density at radius 3 is 2.85 bits per heavy atom. The molecular weight excluding hydrogens is 304 g/mol. The van der Waals surface area contributed by atoms with E-state index in [1.54, 1.807) is 0 Å². The van der Waals surface area contributed by atoms with Crippen LogP contribution in [0.15, 0.2) is 27.2 Å². The zero-order chi connectivity index (χ0) is 14.9.